The summed E-state index contributed by atoms with van der Waals surface area (Å²) in [5.74, 6) is -0.182. The highest BCUT2D eigenvalue weighted by atomic mass is 32.2. The predicted molar refractivity (Wildman–Crippen MR) is 106 cm³/mol. The summed E-state index contributed by atoms with van der Waals surface area (Å²) in [4.78, 5) is 12.7. The maximum absolute atomic E-state index is 12.5. The van der Waals surface area contributed by atoms with Gasteiger partial charge in [-0.05, 0) is 48.6 Å². The topological polar surface area (TPSA) is 101 Å². The summed E-state index contributed by atoms with van der Waals surface area (Å²) in [6.45, 7) is 2.25. The Morgan fingerprint density at radius 2 is 1.74 bits per heavy atom. The molecule has 0 spiro atoms. The van der Waals surface area contributed by atoms with Crippen molar-refractivity contribution in [3.63, 3.8) is 0 Å². The van der Waals surface area contributed by atoms with E-state index in [1.54, 1.807) is 19.1 Å². The van der Waals surface area contributed by atoms with Crippen molar-refractivity contribution in [2.75, 3.05) is 11.9 Å². The standard InChI is InChI=1S/C20H25N3O3S/c1-14(19(21)16-5-3-2-4-6-16)20(24)23-17-9-11-18(12-10-17)27(25,26)22-13-15-7-8-15/h2-6,9-12,14-15,19,22H,7-8,13,21H2,1H3,(H,23,24). The van der Waals surface area contributed by atoms with Crippen LogP contribution in [0.1, 0.15) is 31.4 Å². The van der Waals surface area contributed by atoms with Crippen LogP contribution in [0.25, 0.3) is 0 Å². The second-order valence-electron chi connectivity index (χ2n) is 7.03. The average molecular weight is 388 g/mol. The van der Waals surface area contributed by atoms with Gasteiger partial charge in [-0.25, -0.2) is 13.1 Å². The molecular formula is C20H25N3O3S. The smallest absolute Gasteiger partial charge is 0.240 e. The Morgan fingerprint density at radius 3 is 2.33 bits per heavy atom. The summed E-state index contributed by atoms with van der Waals surface area (Å²) in [6, 6.07) is 15.2. The minimum atomic E-state index is -3.51. The summed E-state index contributed by atoms with van der Waals surface area (Å²) in [5.41, 5.74) is 7.62. The molecule has 2 atom stereocenters. The van der Waals surface area contributed by atoms with Gasteiger partial charge in [0.1, 0.15) is 0 Å². The van der Waals surface area contributed by atoms with Gasteiger partial charge in [-0.2, -0.15) is 0 Å². The van der Waals surface area contributed by atoms with Gasteiger partial charge in [-0.15, -0.1) is 0 Å². The first-order valence-electron chi connectivity index (χ1n) is 9.08. The van der Waals surface area contributed by atoms with Gasteiger partial charge in [0.2, 0.25) is 15.9 Å². The van der Waals surface area contributed by atoms with Gasteiger partial charge in [-0.1, -0.05) is 37.3 Å². The van der Waals surface area contributed by atoms with E-state index in [2.05, 4.69) is 10.0 Å². The predicted octanol–water partition coefficient (Wildman–Crippen LogP) is 2.65. The quantitative estimate of drug-likeness (QED) is 0.648. The number of carbonyl (C=O) groups excluding carboxylic acids is 1. The second-order valence-corrected chi connectivity index (χ2v) is 8.80. The van der Waals surface area contributed by atoms with Crippen LogP contribution in [-0.4, -0.2) is 20.9 Å². The number of carbonyl (C=O) groups is 1. The molecule has 0 saturated heterocycles. The largest absolute Gasteiger partial charge is 0.326 e. The molecule has 3 rings (SSSR count). The monoisotopic (exact) mass is 387 g/mol. The Labute approximate surface area is 160 Å². The second kappa shape index (κ2) is 8.21. The van der Waals surface area contributed by atoms with Crippen molar-refractivity contribution in [1.82, 2.24) is 4.72 Å². The Bertz CT molecular complexity index is 878. The number of nitrogens with two attached hydrogens (primary N) is 1. The first-order chi connectivity index (χ1) is 12.9. The van der Waals surface area contributed by atoms with E-state index in [0.29, 0.717) is 18.2 Å². The number of anilines is 1. The lowest BCUT2D eigenvalue weighted by Gasteiger charge is -2.20. The maximum Gasteiger partial charge on any atom is 0.240 e. The third-order valence-electron chi connectivity index (χ3n) is 4.83. The number of sulfonamides is 1. The van der Waals surface area contributed by atoms with Crippen molar-refractivity contribution in [1.29, 1.82) is 0 Å². The molecule has 1 aliphatic rings. The molecule has 2 aromatic rings. The molecule has 27 heavy (non-hydrogen) atoms. The van der Waals surface area contributed by atoms with Gasteiger partial charge in [-0.3, -0.25) is 4.79 Å². The molecule has 1 saturated carbocycles. The average Bonchev–Trinajstić information content (AvgIpc) is 3.51. The maximum atomic E-state index is 12.5. The van der Waals surface area contributed by atoms with E-state index < -0.39 is 22.0 Å². The van der Waals surface area contributed by atoms with Crippen LogP contribution in [0.15, 0.2) is 59.5 Å². The third-order valence-corrected chi connectivity index (χ3v) is 6.27. The molecule has 0 aliphatic heterocycles. The SMILES string of the molecule is CC(C(=O)Nc1ccc(S(=O)(=O)NCC2CC2)cc1)C(N)c1ccccc1. The number of rotatable bonds is 8. The third kappa shape index (κ3) is 5.15. The van der Waals surface area contributed by atoms with Gasteiger partial charge < -0.3 is 11.1 Å². The highest BCUT2D eigenvalue weighted by Gasteiger charge is 2.25. The molecule has 0 aromatic heterocycles. The fourth-order valence-corrected chi connectivity index (χ4v) is 3.85. The lowest BCUT2D eigenvalue weighted by atomic mass is 9.94. The molecule has 7 heteroatoms. The van der Waals surface area contributed by atoms with Crippen molar-refractivity contribution in [2.45, 2.75) is 30.7 Å². The Morgan fingerprint density at radius 1 is 1.11 bits per heavy atom. The molecule has 0 bridgehead atoms. The first kappa shape index (κ1) is 19.5. The summed E-state index contributed by atoms with van der Waals surface area (Å²) >= 11 is 0. The van der Waals surface area contributed by atoms with Crippen LogP contribution < -0.4 is 15.8 Å². The van der Waals surface area contributed by atoms with Crippen molar-refractivity contribution in [3.8, 4) is 0 Å². The minimum Gasteiger partial charge on any atom is -0.326 e. The molecule has 2 unspecified atom stereocenters. The van der Waals surface area contributed by atoms with Gasteiger partial charge in [0.05, 0.1) is 10.8 Å². The van der Waals surface area contributed by atoms with Crippen molar-refractivity contribution >= 4 is 21.6 Å². The van der Waals surface area contributed by atoms with Crippen LogP contribution in [-0.2, 0) is 14.8 Å². The van der Waals surface area contributed by atoms with Crippen molar-refractivity contribution in [2.24, 2.45) is 17.6 Å². The summed E-state index contributed by atoms with van der Waals surface area (Å²) in [7, 11) is -3.51. The number of hydrogen-bond acceptors (Lipinski definition) is 4. The van der Waals surface area contributed by atoms with E-state index >= 15 is 0 Å². The van der Waals surface area contributed by atoms with Crippen LogP contribution in [0.3, 0.4) is 0 Å². The molecule has 6 nitrogen and oxygen atoms in total. The fraction of sp³-hybridized carbons (Fsp3) is 0.350. The summed E-state index contributed by atoms with van der Waals surface area (Å²) < 4.78 is 27.1. The Hall–Kier alpha value is -2.22. The highest BCUT2D eigenvalue weighted by Crippen LogP contribution is 2.28. The van der Waals surface area contributed by atoms with E-state index in [9.17, 15) is 13.2 Å². The normalized spacial score (nSPS) is 16.5. The Kier molecular flexibility index (Phi) is 5.94. The molecule has 1 aliphatic carbocycles. The van der Waals surface area contributed by atoms with Crippen LogP contribution >= 0.6 is 0 Å². The van der Waals surface area contributed by atoms with Gasteiger partial charge >= 0.3 is 0 Å². The summed E-state index contributed by atoms with van der Waals surface area (Å²) in [5, 5.41) is 2.80. The zero-order valence-corrected chi connectivity index (χ0v) is 16.1. The zero-order chi connectivity index (χ0) is 19.4. The van der Waals surface area contributed by atoms with Crippen LogP contribution in [0.2, 0.25) is 0 Å². The van der Waals surface area contributed by atoms with Crippen molar-refractivity contribution in [3.05, 3.63) is 60.2 Å². The zero-order valence-electron chi connectivity index (χ0n) is 15.3. The molecule has 144 valence electrons. The van der Waals surface area contributed by atoms with E-state index in [4.69, 9.17) is 5.73 Å². The molecule has 1 amide bonds. The van der Waals surface area contributed by atoms with E-state index in [0.717, 1.165) is 18.4 Å². The lowest BCUT2D eigenvalue weighted by Crippen LogP contribution is -2.30. The van der Waals surface area contributed by atoms with Crippen LogP contribution in [0.5, 0.6) is 0 Å². The number of benzene rings is 2. The van der Waals surface area contributed by atoms with Crippen LogP contribution in [0, 0.1) is 11.8 Å². The number of amides is 1. The molecule has 0 heterocycles. The first-order valence-corrected chi connectivity index (χ1v) is 10.6. The molecular weight excluding hydrogens is 362 g/mol. The van der Waals surface area contributed by atoms with Gasteiger partial charge in [0, 0.05) is 18.3 Å². The number of nitrogens with one attached hydrogen (secondary N) is 2. The van der Waals surface area contributed by atoms with Crippen LogP contribution in [0.4, 0.5) is 5.69 Å². The molecule has 1 fully saturated rings. The van der Waals surface area contributed by atoms with E-state index in [-0.39, 0.29) is 10.8 Å². The summed E-state index contributed by atoms with van der Waals surface area (Å²) in [6.07, 6.45) is 2.16. The van der Waals surface area contributed by atoms with Crippen molar-refractivity contribution < 1.29 is 13.2 Å². The minimum absolute atomic E-state index is 0.190. The highest BCUT2D eigenvalue weighted by molar-refractivity contribution is 7.89. The number of hydrogen-bond donors (Lipinski definition) is 3. The lowest BCUT2D eigenvalue weighted by molar-refractivity contribution is -0.120. The molecule has 4 N–H and O–H groups in total. The van der Waals surface area contributed by atoms with E-state index in [1.807, 2.05) is 30.3 Å². The molecule has 2 aromatic carbocycles. The van der Waals surface area contributed by atoms with Gasteiger partial charge in [0.15, 0.2) is 0 Å². The fourth-order valence-electron chi connectivity index (χ4n) is 2.73. The molecule has 0 radical (unpaired) electrons. The van der Waals surface area contributed by atoms with E-state index in [1.165, 1.54) is 12.1 Å². The van der Waals surface area contributed by atoms with Gasteiger partial charge in [0.25, 0.3) is 0 Å². The Balaban J connectivity index is 1.60.